The van der Waals surface area contributed by atoms with Crippen molar-refractivity contribution in [1.82, 2.24) is 9.97 Å². The summed E-state index contributed by atoms with van der Waals surface area (Å²) >= 11 is 0. The molecule has 1 aromatic heterocycles. The van der Waals surface area contributed by atoms with Crippen LogP contribution in [0.4, 0.5) is 5.69 Å². The minimum absolute atomic E-state index is 0.183. The summed E-state index contributed by atoms with van der Waals surface area (Å²) in [5, 5.41) is 9.17. The molecule has 1 rings (SSSR count). The fourth-order valence-corrected chi connectivity index (χ4v) is 0.897. The highest BCUT2D eigenvalue weighted by Gasteiger charge is 2.01. The molecule has 0 amide bonds. The van der Waals surface area contributed by atoms with E-state index in [1.807, 2.05) is 0 Å². The van der Waals surface area contributed by atoms with Crippen LogP contribution in [0.3, 0.4) is 0 Å². The quantitative estimate of drug-likeness (QED) is 0.690. The van der Waals surface area contributed by atoms with Crippen LogP contribution in [0.5, 0.6) is 5.88 Å². The van der Waals surface area contributed by atoms with Gasteiger partial charge in [0.25, 0.3) is 0 Å². The second kappa shape index (κ2) is 5.39. The van der Waals surface area contributed by atoms with Crippen LogP contribution in [0.25, 0.3) is 0 Å². The molecule has 0 aliphatic rings. The second-order valence-corrected chi connectivity index (χ2v) is 2.97. The van der Waals surface area contributed by atoms with E-state index in [1.165, 1.54) is 6.20 Å². The van der Waals surface area contributed by atoms with Crippen LogP contribution in [-0.4, -0.2) is 21.7 Å². The van der Waals surface area contributed by atoms with Crippen LogP contribution < -0.4 is 5.73 Å². The van der Waals surface area contributed by atoms with Gasteiger partial charge in [-0.25, -0.2) is 4.98 Å². The van der Waals surface area contributed by atoms with E-state index in [2.05, 4.69) is 16.9 Å². The lowest BCUT2D eigenvalue weighted by molar-refractivity contribution is 0.112. The summed E-state index contributed by atoms with van der Waals surface area (Å²) in [4.78, 5) is 7.68. The Hall–Kier alpha value is -1.36. The molecule has 0 spiro atoms. The van der Waals surface area contributed by atoms with Gasteiger partial charge in [-0.1, -0.05) is 13.3 Å². The fraction of sp³-hybridized carbons (Fsp3) is 0.556. The highest BCUT2D eigenvalue weighted by atomic mass is 16.5. The normalized spacial score (nSPS) is 10.4. The number of aromatic nitrogens is 2. The molecule has 3 N–H and O–H groups in total. The first-order valence-corrected chi connectivity index (χ1v) is 4.62. The van der Waals surface area contributed by atoms with Gasteiger partial charge in [0.1, 0.15) is 12.3 Å². The van der Waals surface area contributed by atoms with Crippen molar-refractivity contribution in [3.63, 3.8) is 0 Å². The standard InChI is InChI=1S/C9H15N3O2/c1-2-3-4-14-6-8-11-5-7(10)9(13)12-8/h5H,2-4,6,10H2,1H3,(H,11,12,13). The molecule has 0 saturated carbocycles. The van der Waals surface area contributed by atoms with Crippen molar-refractivity contribution in [2.24, 2.45) is 0 Å². The van der Waals surface area contributed by atoms with E-state index in [-0.39, 0.29) is 11.6 Å². The van der Waals surface area contributed by atoms with E-state index in [1.54, 1.807) is 0 Å². The summed E-state index contributed by atoms with van der Waals surface area (Å²) < 4.78 is 5.28. The lowest BCUT2D eigenvalue weighted by Crippen LogP contribution is -2.01. The number of hydrogen-bond donors (Lipinski definition) is 2. The smallest absolute Gasteiger partial charge is 0.238 e. The maximum atomic E-state index is 9.17. The van der Waals surface area contributed by atoms with Gasteiger partial charge in [-0.3, -0.25) is 0 Å². The molecule has 5 heteroatoms. The number of nitrogen functional groups attached to an aromatic ring is 1. The monoisotopic (exact) mass is 197 g/mol. The Bertz CT molecular complexity index is 291. The zero-order valence-electron chi connectivity index (χ0n) is 8.23. The van der Waals surface area contributed by atoms with Crippen molar-refractivity contribution in [3.05, 3.63) is 12.0 Å². The molecule has 0 radical (unpaired) electrons. The average Bonchev–Trinajstić information content (AvgIpc) is 2.18. The molecule has 5 nitrogen and oxygen atoms in total. The highest BCUT2D eigenvalue weighted by molar-refractivity contribution is 5.44. The number of hydrogen-bond acceptors (Lipinski definition) is 5. The molecule has 0 aromatic carbocycles. The predicted molar refractivity (Wildman–Crippen MR) is 52.7 cm³/mol. The second-order valence-electron chi connectivity index (χ2n) is 2.97. The van der Waals surface area contributed by atoms with Gasteiger partial charge >= 0.3 is 0 Å². The molecule has 0 aliphatic carbocycles. The van der Waals surface area contributed by atoms with Crippen molar-refractivity contribution < 1.29 is 9.84 Å². The summed E-state index contributed by atoms with van der Waals surface area (Å²) in [6.07, 6.45) is 3.48. The maximum Gasteiger partial charge on any atom is 0.238 e. The van der Waals surface area contributed by atoms with Crippen molar-refractivity contribution in [2.75, 3.05) is 12.3 Å². The lowest BCUT2D eigenvalue weighted by atomic mass is 10.4. The SMILES string of the molecule is CCCCOCc1ncc(N)c(O)n1. The predicted octanol–water partition coefficient (Wildman–Crippen LogP) is 1.08. The van der Waals surface area contributed by atoms with Crippen LogP contribution in [0.1, 0.15) is 25.6 Å². The number of nitrogens with zero attached hydrogens (tertiary/aromatic N) is 2. The first kappa shape index (κ1) is 10.7. The van der Waals surface area contributed by atoms with E-state index in [0.717, 1.165) is 12.8 Å². The van der Waals surface area contributed by atoms with Crippen molar-refractivity contribution in [1.29, 1.82) is 0 Å². The van der Waals surface area contributed by atoms with Gasteiger partial charge in [0.15, 0.2) is 5.82 Å². The Balaban J connectivity index is 2.39. The van der Waals surface area contributed by atoms with Gasteiger partial charge in [-0.05, 0) is 6.42 Å². The third kappa shape index (κ3) is 3.18. The molecule has 0 unspecified atom stereocenters. The van der Waals surface area contributed by atoms with Gasteiger partial charge in [-0.15, -0.1) is 0 Å². The number of anilines is 1. The molecular weight excluding hydrogens is 182 g/mol. The van der Waals surface area contributed by atoms with Gasteiger partial charge in [-0.2, -0.15) is 4.98 Å². The molecule has 78 valence electrons. The van der Waals surface area contributed by atoms with Crippen LogP contribution >= 0.6 is 0 Å². The van der Waals surface area contributed by atoms with Crippen molar-refractivity contribution >= 4 is 5.69 Å². The number of rotatable bonds is 5. The molecule has 1 heterocycles. The summed E-state index contributed by atoms with van der Waals surface area (Å²) in [5.41, 5.74) is 5.53. The van der Waals surface area contributed by atoms with E-state index >= 15 is 0 Å². The zero-order valence-corrected chi connectivity index (χ0v) is 8.23. The van der Waals surface area contributed by atoms with Gasteiger partial charge in [0.2, 0.25) is 5.88 Å². The number of nitrogens with two attached hydrogens (primary N) is 1. The molecule has 0 aliphatic heterocycles. The van der Waals surface area contributed by atoms with Crippen LogP contribution in [0.2, 0.25) is 0 Å². The third-order valence-electron chi connectivity index (χ3n) is 1.72. The number of ether oxygens (including phenoxy) is 1. The molecule has 0 atom stereocenters. The van der Waals surface area contributed by atoms with E-state index in [9.17, 15) is 5.11 Å². The third-order valence-corrected chi connectivity index (χ3v) is 1.72. The van der Waals surface area contributed by atoms with Gasteiger partial charge in [0, 0.05) is 6.61 Å². The van der Waals surface area contributed by atoms with Crippen molar-refractivity contribution in [2.45, 2.75) is 26.4 Å². The van der Waals surface area contributed by atoms with Crippen LogP contribution in [0.15, 0.2) is 6.20 Å². The van der Waals surface area contributed by atoms with Gasteiger partial charge in [0.05, 0.1) is 6.20 Å². The molecular formula is C9H15N3O2. The largest absolute Gasteiger partial charge is 0.492 e. The average molecular weight is 197 g/mol. The molecule has 14 heavy (non-hydrogen) atoms. The topological polar surface area (TPSA) is 81.3 Å². The fourth-order valence-electron chi connectivity index (χ4n) is 0.897. The Morgan fingerprint density at radius 3 is 3.00 bits per heavy atom. The molecule has 0 saturated heterocycles. The minimum Gasteiger partial charge on any atom is -0.492 e. The van der Waals surface area contributed by atoms with E-state index < -0.39 is 0 Å². The first-order chi connectivity index (χ1) is 6.74. The Labute approximate surface area is 82.9 Å². The Morgan fingerprint density at radius 1 is 1.57 bits per heavy atom. The maximum absolute atomic E-state index is 9.17. The van der Waals surface area contributed by atoms with Crippen LogP contribution in [0, 0.1) is 0 Å². The number of unbranched alkanes of at least 4 members (excludes halogenated alkanes) is 1. The molecule has 1 aromatic rings. The summed E-state index contributed by atoms with van der Waals surface area (Å²) in [7, 11) is 0. The first-order valence-electron chi connectivity index (χ1n) is 4.62. The molecule has 0 fully saturated rings. The zero-order chi connectivity index (χ0) is 10.4. The van der Waals surface area contributed by atoms with E-state index in [4.69, 9.17) is 10.5 Å². The van der Waals surface area contributed by atoms with Crippen molar-refractivity contribution in [3.8, 4) is 5.88 Å². The molecule has 0 bridgehead atoms. The number of aromatic hydroxyl groups is 1. The highest BCUT2D eigenvalue weighted by Crippen LogP contribution is 2.13. The summed E-state index contributed by atoms with van der Waals surface area (Å²) in [6.45, 7) is 3.09. The van der Waals surface area contributed by atoms with Gasteiger partial charge < -0.3 is 15.6 Å². The lowest BCUT2D eigenvalue weighted by Gasteiger charge is -2.03. The summed E-state index contributed by atoms with van der Waals surface area (Å²) in [5.74, 6) is 0.266. The van der Waals surface area contributed by atoms with E-state index in [0.29, 0.717) is 19.0 Å². The Morgan fingerprint density at radius 2 is 2.36 bits per heavy atom. The minimum atomic E-state index is -0.186. The summed E-state index contributed by atoms with van der Waals surface area (Å²) in [6, 6.07) is 0. The Kier molecular flexibility index (Phi) is 4.12. The van der Waals surface area contributed by atoms with Crippen LogP contribution in [-0.2, 0) is 11.3 Å².